The number of rotatable bonds is 6. The van der Waals surface area contributed by atoms with E-state index < -0.39 is 0 Å². The SMILES string of the molecule is O=C(CCNC(=O)c1n[nH]c2ccccc12)Nc1ccc(-n2cncn2)nc1. The van der Waals surface area contributed by atoms with Gasteiger partial charge >= 0.3 is 0 Å². The highest BCUT2D eigenvalue weighted by atomic mass is 16.2. The van der Waals surface area contributed by atoms with Crippen LogP contribution in [-0.4, -0.2) is 48.3 Å². The summed E-state index contributed by atoms with van der Waals surface area (Å²) in [6.07, 6.45) is 4.60. The number of anilines is 1. The molecular formula is C18H16N8O2. The lowest BCUT2D eigenvalue weighted by Gasteiger charge is -2.07. The molecule has 0 radical (unpaired) electrons. The number of amides is 2. The second kappa shape index (κ2) is 7.66. The van der Waals surface area contributed by atoms with Gasteiger partial charge in [0.05, 0.1) is 17.4 Å². The quantitative estimate of drug-likeness (QED) is 0.465. The minimum atomic E-state index is -0.330. The number of para-hydroxylation sites is 1. The third-order valence-corrected chi connectivity index (χ3v) is 4.01. The summed E-state index contributed by atoms with van der Waals surface area (Å²) in [5, 5.41) is 17.0. The lowest BCUT2D eigenvalue weighted by atomic mass is 10.2. The number of benzene rings is 1. The molecule has 4 aromatic rings. The zero-order chi connectivity index (χ0) is 19.3. The minimum Gasteiger partial charge on any atom is -0.350 e. The maximum Gasteiger partial charge on any atom is 0.272 e. The van der Waals surface area contributed by atoms with Crippen molar-refractivity contribution in [3.8, 4) is 5.82 Å². The molecule has 0 spiro atoms. The van der Waals surface area contributed by atoms with Crippen LogP contribution in [0.5, 0.6) is 0 Å². The van der Waals surface area contributed by atoms with Crippen molar-refractivity contribution in [2.24, 2.45) is 0 Å². The molecule has 10 heteroatoms. The van der Waals surface area contributed by atoms with Crippen LogP contribution in [0.25, 0.3) is 16.7 Å². The summed E-state index contributed by atoms with van der Waals surface area (Å²) in [7, 11) is 0. The van der Waals surface area contributed by atoms with Crippen LogP contribution in [0, 0.1) is 0 Å². The van der Waals surface area contributed by atoms with Gasteiger partial charge in [-0.05, 0) is 18.2 Å². The van der Waals surface area contributed by atoms with Crippen molar-refractivity contribution >= 4 is 28.4 Å². The molecule has 0 aliphatic heterocycles. The molecule has 3 aromatic heterocycles. The molecule has 10 nitrogen and oxygen atoms in total. The third-order valence-electron chi connectivity index (χ3n) is 4.01. The lowest BCUT2D eigenvalue weighted by molar-refractivity contribution is -0.116. The Morgan fingerprint density at radius 2 is 2.04 bits per heavy atom. The Balaban J connectivity index is 1.28. The van der Waals surface area contributed by atoms with Crippen LogP contribution in [0.15, 0.2) is 55.2 Å². The summed E-state index contributed by atoms with van der Waals surface area (Å²) in [4.78, 5) is 32.4. The van der Waals surface area contributed by atoms with Gasteiger partial charge in [-0.1, -0.05) is 18.2 Å². The average Bonchev–Trinajstić information content (AvgIpc) is 3.38. The highest BCUT2D eigenvalue weighted by Gasteiger charge is 2.13. The summed E-state index contributed by atoms with van der Waals surface area (Å²) < 4.78 is 1.51. The van der Waals surface area contributed by atoms with E-state index in [0.717, 1.165) is 10.9 Å². The van der Waals surface area contributed by atoms with Crippen LogP contribution in [0.3, 0.4) is 0 Å². The van der Waals surface area contributed by atoms with Crippen LogP contribution in [0.4, 0.5) is 5.69 Å². The van der Waals surface area contributed by atoms with Crippen molar-refractivity contribution in [1.82, 2.24) is 35.3 Å². The standard InChI is InChI=1S/C18H16N8O2/c27-16(23-12-5-6-15(21-9-12)26-11-19-10-22-26)7-8-20-18(28)17-13-3-1-2-4-14(13)24-25-17/h1-6,9-11H,7-8H2,(H,20,28)(H,23,27)(H,24,25). The van der Waals surface area contributed by atoms with Crippen molar-refractivity contribution in [1.29, 1.82) is 0 Å². The first kappa shape index (κ1) is 17.3. The highest BCUT2D eigenvalue weighted by molar-refractivity contribution is 6.04. The summed E-state index contributed by atoms with van der Waals surface area (Å²) in [6.45, 7) is 0.191. The van der Waals surface area contributed by atoms with Crippen LogP contribution in [0.2, 0.25) is 0 Å². The molecule has 0 aliphatic rings. The van der Waals surface area contributed by atoms with Crippen LogP contribution >= 0.6 is 0 Å². The molecule has 0 saturated carbocycles. The number of aromatic nitrogens is 6. The number of hydrogen-bond donors (Lipinski definition) is 3. The maximum atomic E-state index is 12.3. The van der Waals surface area contributed by atoms with E-state index in [1.807, 2.05) is 24.3 Å². The smallest absolute Gasteiger partial charge is 0.272 e. The van der Waals surface area contributed by atoms with Crippen molar-refractivity contribution in [2.45, 2.75) is 6.42 Å². The number of nitrogens with one attached hydrogen (secondary N) is 3. The minimum absolute atomic E-state index is 0.124. The van der Waals surface area contributed by atoms with Gasteiger partial charge in [0.2, 0.25) is 5.91 Å². The Labute approximate surface area is 159 Å². The molecule has 0 saturated heterocycles. The summed E-state index contributed by atoms with van der Waals surface area (Å²) in [5.74, 6) is 0.0283. The first-order valence-corrected chi connectivity index (χ1v) is 8.53. The second-order valence-corrected chi connectivity index (χ2v) is 5.92. The number of fused-ring (bicyclic) bond motifs is 1. The van der Waals surface area contributed by atoms with Gasteiger partial charge in [-0.25, -0.2) is 14.6 Å². The fraction of sp³-hybridized carbons (Fsp3) is 0.111. The van der Waals surface area contributed by atoms with Gasteiger partial charge in [0.25, 0.3) is 5.91 Å². The largest absolute Gasteiger partial charge is 0.350 e. The first-order valence-electron chi connectivity index (χ1n) is 8.53. The molecular weight excluding hydrogens is 360 g/mol. The number of hydrogen-bond acceptors (Lipinski definition) is 6. The van der Waals surface area contributed by atoms with Crippen LogP contribution in [-0.2, 0) is 4.79 Å². The van der Waals surface area contributed by atoms with E-state index in [2.05, 4.69) is 35.9 Å². The van der Waals surface area contributed by atoms with E-state index in [9.17, 15) is 9.59 Å². The Bertz CT molecular complexity index is 1100. The number of carbonyl (C=O) groups is 2. The van der Waals surface area contributed by atoms with Crippen molar-refractivity contribution in [2.75, 3.05) is 11.9 Å². The van der Waals surface area contributed by atoms with E-state index in [-0.39, 0.29) is 24.8 Å². The maximum absolute atomic E-state index is 12.3. The molecule has 0 fully saturated rings. The van der Waals surface area contributed by atoms with Gasteiger partial charge in [0.15, 0.2) is 11.5 Å². The van der Waals surface area contributed by atoms with E-state index in [1.54, 1.807) is 12.1 Å². The predicted octanol–water partition coefficient (Wildman–Crippen LogP) is 1.30. The van der Waals surface area contributed by atoms with E-state index in [1.165, 1.54) is 23.5 Å². The molecule has 0 aliphatic carbocycles. The zero-order valence-corrected chi connectivity index (χ0v) is 14.7. The van der Waals surface area contributed by atoms with E-state index >= 15 is 0 Å². The molecule has 0 atom stereocenters. The highest BCUT2D eigenvalue weighted by Crippen LogP contribution is 2.14. The molecule has 4 rings (SSSR count). The topological polar surface area (TPSA) is 130 Å². The van der Waals surface area contributed by atoms with Gasteiger partial charge in [-0.3, -0.25) is 14.7 Å². The summed E-state index contributed by atoms with van der Waals surface area (Å²) in [6, 6.07) is 10.8. The molecule has 140 valence electrons. The van der Waals surface area contributed by atoms with Gasteiger partial charge in [-0.15, -0.1) is 0 Å². The normalized spacial score (nSPS) is 10.7. The Hall–Kier alpha value is -4.08. The number of nitrogens with zero attached hydrogens (tertiary/aromatic N) is 5. The fourth-order valence-corrected chi connectivity index (χ4v) is 2.66. The van der Waals surface area contributed by atoms with Gasteiger partial charge in [0.1, 0.15) is 12.7 Å². The van der Waals surface area contributed by atoms with E-state index in [4.69, 9.17) is 0 Å². The molecule has 3 N–H and O–H groups in total. The molecule has 2 amide bonds. The van der Waals surface area contributed by atoms with E-state index in [0.29, 0.717) is 17.2 Å². The van der Waals surface area contributed by atoms with Gasteiger partial charge < -0.3 is 10.6 Å². The number of carbonyl (C=O) groups excluding carboxylic acids is 2. The number of aromatic amines is 1. The average molecular weight is 376 g/mol. The van der Waals surface area contributed by atoms with Crippen molar-refractivity contribution in [3.63, 3.8) is 0 Å². The van der Waals surface area contributed by atoms with Crippen LogP contribution in [0.1, 0.15) is 16.9 Å². The van der Waals surface area contributed by atoms with Crippen molar-refractivity contribution < 1.29 is 9.59 Å². The molecule has 1 aromatic carbocycles. The number of H-pyrrole nitrogens is 1. The van der Waals surface area contributed by atoms with Gasteiger partial charge in [-0.2, -0.15) is 10.2 Å². The monoisotopic (exact) mass is 376 g/mol. The van der Waals surface area contributed by atoms with Crippen molar-refractivity contribution in [3.05, 3.63) is 60.9 Å². The fourth-order valence-electron chi connectivity index (χ4n) is 2.66. The molecule has 0 unspecified atom stereocenters. The second-order valence-electron chi connectivity index (χ2n) is 5.92. The summed E-state index contributed by atoms with van der Waals surface area (Å²) in [5.41, 5.74) is 1.65. The Morgan fingerprint density at radius 1 is 1.14 bits per heavy atom. The lowest BCUT2D eigenvalue weighted by Crippen LogP contribution is -2.28. The molecule has 28 heavy (non-hydrogen) atoms. The first-order chi connectivity index (χ1) is 13.7. The predicted molar refractivity (Wildman–Crippen MR) is 101 cm³/mol. The number of pyridine rings is 1. The molecule has 3 heterocycles. The van der Waals surface area contributed by atoms with Crippen LogP contribution < -0.4 is 10.6 Å². The third kappa shape index (κ3) is 3.70. The summed E-state index contributed by atoms with van der Waals surface area (Å²) >= 11 is 0. The zero-order valence-electron chi connectivity index (χ0n) is 14.7. The van der Waals surface area contributed by atoms with Gasteiger partial charge in [0, 0.05) is 18.4 Å². The Kier molecular flexibility index (Phi) is 4.74. The Morgan fingerprint density at radius 3 is 2.82 bits per heavy atom. The molecule has 0 bridgehead atoms.